The second-order valence-electron chi connectivity index (χ2n) is 5.31. The first kappa shape index (κ1) is 13.9. The fraction of sp³-hybridized carbons (Fsp3) is 0.533. The van der Waals surface area contributed by atoms with Crippen LogP contribution in [0.4, 0.5) is 5.69 Å². The Morgan fingerprint density at radius 2 is 2.11 bits per heavy atom. The second-order valence-corrected chi connectivity index (χ2v) is 5.31. The lowest BCUT2D eigenvalue weighted by molar-refractivity contribution is -0.125. The van der Waals surface area contributed by atoms with E-state index in [2.05, 4.69) is 33.7 Å². The van der Waals surface area contributed by atoms with Gasteiger partial charge >= 0.3 is 0 Å². The Morgan fingerprint density at radius 1 is 1.37 bits per heavy atom. The van der Waals surface area contributed by atoms with E-state index in [1.807, 2.05) is 20.2 Å². The average molecular weight is 261 g/mol. The lowest BCUT2D eigenvalue weighted by atomic mass is 9.97. The molecule has 1 saturated heterocycles. The van der Waals surface area contributed by atoms with E-state index in [0.717, 1.165) is 37.2 Å². The van der Waals surface area contributed by atoms with E-state index >= 15 is 0 Å². The van der Waals surface area contributed by atoms with Crippen LogP contribution in [0.3, 0.4) is 0 Å². The van der Waals surface area contributed by atoms with Crippen molar-refractivity contribution in [3.63, 3.8) is 0 Å². The summed E-state index contributed by atoms with van der Waals surface area (Å²) in [5, 5.41) is 6.33. The van der Waals surface area contributed by atoms with E-state index in [1.165, 1.54) is 0 Å². The summed E-state index contributed by atoms with van der Waals surface area (Å²) < 4.78 is 0. The quantitative estimate of drug-likeness (QED) is 0.860. The Bertz CT molecular complexity index is 425. The van der Waals surface area contributed by atoms with Gasteiger partial charge in [-0.15, -0.1) is 0 Å². The normalized spacial score (nSPS) is 16.1. The van der Waals surface area contributed by atoms with E-state index in [-0.39, 0.29) is 11.8 Å². The molecule has 2 N–H and O–H groups in total. The number of amides is 1. The predicted molar refractivity (Wildman–Crippen MR) is 78.2 cm³/mol. The van der Waals surface area contributed by atoms with Crippen LogP contribution in [0.25, 0.3) is 0 Å². The zero-order chi connectivity index (χ0) is 13.7. The van der Waals surface area contributed by atoms with E-state index in [4.69, 9.17) is 0 Å². The highest BCUT2D eigenvalue weighted by Crippen LogP contribution is 2.14. The molecule has 2 rings (SSSR count). The van der Waals surface area contributed by atoms with Gasteiger partial charge in [-0.3, -0.25) is 4.79 Å². The zero-order valence-electron chi connectivity index (χ0n) is 11.8. The van der Waals surface area contributed by atoms with Crippen molar-refractivity contribution in [1.29, 1.82) is 0 Å². The maximum absolute atomic E-state index is 12.0. The Morgan fingerprint density at radius 3 is 2.79 bits per heavy atom. The van der Waals surface area contributed by atoms with Crippen molar-refractivity contribution >= 4 is 11.6 Å². The summed E-state index contributed by atoms with van der Waals surface area (Å²) in [4.78, 5) is 14.1. The summed E-state index contributed by atoms with van der Waals surface area (Å²) >= 11 is 0. The van der Waals surface area contributed by atoms with Gasteiger partial charge in [0, 0.05) is 32.2 Å². The molecule has 4 nitrogen and oxygen atoms in total. The van der Waals surface area contributed by atoms with Crippen molar-refractivity contribution in [1.82, 2.24) is 10.6 Å². The van der Waals surface area contributed by atoms with Crippen molar-refractivity contribution in [2.24, 2.45) is 5.92 Å². The van der Waals surface area contributed by atoms with E-state index in [0.29, 0.717) is 6.54 Å². The fourth-order valence-corrected chi connectivity index (χ4v) is 2.36. The Hall–Kier alpha value is -1.55. The first-order valence-corrected chi connectivity index (χ1v) is 6.91. The molecule has 0 radical (unpaired) electrons. The molecule has 1 fully saturated rings. The number of piperidine rings is 1. The molecule has 1 aliphatic rings. The van der Waals surface area contributed by atoms with E-state index < -0.39 is 0 Å². The summed E-state index contributed by atoms with van der Waals surface area (Å²) in [7, 11) is 4.04. The van der Waals surface area contributed by atoms with E-state index in [1.54, 1.807) is 0 Å². The van der Waals surface area contributed by atoms with Gasteiger partial charge in [-0.2, -0.15) is 0 Å². The average Bonchev–Trinajstić information content (AvgIpc) is 2.46. The molecule has 0 bridgehead atoms. The SMILES string of the molecule is CN(C)c1cccc(CNC(=O)C2CCNCC2)c1. The first-order chi connectivity index (χ1) is 9.16. The minimum atomic E-state index is 0.179. The first-order valence-electron chi connectivity index (χ1n) is 6.91. The van der Waals surface area contributed by atoms with Crippen LogP contribution >= 0.6 is 0 Å². The topological polar surface area (TPSA) is 44.4 Å². The summed E-state index contributed by atoms with van der Waals surface area (Å²) in [5.74, 6) is 0.370. The molecular weight excluding hydrogens is 238 g/mol. The molecule has 1 aromatic carbocycles. The standard InChI is InChI=1S/C15H23N3O/c1-18(2)14-5-3-4-12(10-14)11-17-15(19)13-6-8-16-9-7-13/h3-5,10,13,16H,6-9,11H2,1-2H3,(H,17,19). The summed E-state index contributed by atoms with van der Waals surface area (Å²) in [6.07, 6.45) is 1.90. The summed E-state index contributed by atoms with van der Waals surface area (Å²) in [5.41, 5.74) is 2.31. The van der Waals surface area contributed by atoms with Gasteiger partial charge in [-0.1, -0.05) is 12.1 Å². The minimum absolute atomic E-state index is 0.179. The molecule has 1 aliphatic heterocycles. The number of carbonyl (C=O) groups is 1. The number of nitrogens with zero attached hydrogens (tertiary/aromatic N) is 1. The Kier molecular flexibility index (Phi) is 4.80. The van der Waals surface area contributed by atoms with Crippen molar-refractivity contribution in [2.75, 3.05) is 32.1 Å². The molecule has 1 aromatic rings. The highest BCUT2D eigenvalue weighted by molar-refractivity contribution is 5.78. The van der Waals surface area contributed by atoms with Crippen LogP contribution < -0.4 is 15.5 Å². The number of nitrogens with one attached hydrogen (secondary N) is 2. The van der Waals surface area contributed by atoms with Crippen LogP contribution in [0.1, 0.15) is 18.4 Å². The lowest BCUT2D eigenvalue weighted by Crippen LogP contribution is -2.37. The highest BCUT2D eigenvalue weighted by atomic mass is 16.1. The molecular formula is C15H23N3O. The van der Waals surface area contributed by atoms with Crippen LogP contribution in [0, 0.1) is 5.92 Å². The largest absolute Gasteiger partial charge is 0.378 e. The number of rotatable bonds is 4. The van der Waals surface area contributed by atoms with Gasteiger partial charge in [0.15, 0.2) is 0 Å². The van der Waals surface area contributed by atoms with Crippen molar-refractivity contribution < 1.29 is 4.79 Å². The van der Waals surface area contributed by atoms with Gasteiger partial charge in [0.25, 0.3) is 0 Å². The molecule has 104 valence electrons. The third-order valence-corrected chi connectivity index (χ3v) is 3.60. The van der Waals surface area contributed by atoms with Gasteiger partial charge in [-0.25, -0.2) is 0 Å². The molecule has 0 atom stereocenters. The van der Waals surface area contributed by atoms with Crippen molar-refractivity contribution in [3.05, 3.63) is 29.8 Å². The van der Waals surface area contributed by atoms with Crippen LogP contribution in [0.15, 0.2) is 24.3 Å². The molecule has 4 heteroatoms. The van der Waals surface area contributed by atoms with Crippen molar-refractivity contribution in [3.8, 4) is 0 Å². The second kappa shape index (κ2) is 6.57. The van der Waals surface area contributed by atoms with Gasteiger partial charge in [-0.05, 0) is 43.6 Å². The van der Waals surface area contributed by atoms with Gasteiger partial charge in [0.05, 0.1) is 0 Å². The number of anilines is 1. The molecule has 1 amide bonds. The van der Waals surface area contributed by atoms with Gasteiger partial charge in [0.1, 0.15) is 0 Å². The number of carbonyl (C=O) groups excluding carboxylic acids is 1. The maximum Gasteiger partial charge on any atom is 0.223 e. The third kappa shape index (κ3) is 3.96. The third-order valence-electron chi connectivity index (χ3n) is 3.60. The van der Waals surface area contributed by atoms with Crippen LogP contribution in [-0.2, 0) is 11.3 Å². The lowest BCUT2D eigenvalue weighted by Gasteiger charge is -2.22. The zero-order valence-corrected chi connectivity index (χ0v) is 11.8. The molecule has 1 heterocycles. The van der Waals surface area contributed by atoms with Gasteiger partial charge < -0.3 is 15.5 Å². The van der Waals surface area contributed by atoms with E-state index in [9.17, 15) is 4.79 Å². The monoisotopic (exact) mass is 261 g/mol. The summed E-state index contributed by atoms with van der Waals surface area (Å²) in [6.45, 7) is 2.52. The molecule has 0 aromatic heterocycles. The molecule has 19 heavy (non-hydrogen) atoms. The smallest absolute Gasteiger partial charge is 0.223 e. The Balaban J connectivity index is 1.87. The maximum atomic E-state index is 12.0. The number of hydrogen-bond acceptors (Lipinski definition) is 3. The highest BCUT2D eigenvalue weighted by Gasteiger charge is 2.20. The number of benzene rings is 1. The fourth-order valence-electron chi connectivity index (χ4n) is 2.36. The van der Waals surface area contributed by atoms with Gasteiger partial charge in [0.2, 0.25) is 5.91 Å². The number of hydrogen-bond donors (Lipinski definition) is 2. The molecule has 0 saturated carbocycles. The Labute approximate surface area is 115 Å². The molecule has 0 aliphatic carbocycles. The van der Waals surface area contributed by atoms with Crippen LogP contribution in [0.2, 0.25) is 0 Å². The molecule has 0 spiro atoms. The van der Waals surface area contributed by atoms with Crippen LogP contribution in [-0.4, -0.2) is 33.1 Å². The summed E-state index contributed by atoms with van der Waals surface area (Å²) in [6, 6.07) is 8.26. The van der Waals surface area contributed by atoms with Crippen LogP contribution in [0.5, 0.6) is 0 Å². The molecule has 0 unspecified atom stereocenters. The predicted octanol–water partition coefficient (Wildman–Crippen LogP) is 1.37. The minimum Gasteiger partial charge on any atom is -0.378 e. The van der Waals surface area contributed by atoms with Crippen molar-refractivity contribution in [2.45, 2.75) is 19.4 Å².